The Morgan fingerprint density at radius 3 is 1.62 bits per heavy atom. The molecule has 0 aliphatic rings. The summed E-state index contributed by atoms with van der Waals surface area (Å²) in [6, 6.07) is 0. The van der Waals surface area contributed by atoms with E-state index in [0.717, 1.165) is 18.8 Å². The lowest BCUT2D eigenvalue weighted by Gasteiger charge is -2.14. The molecule has 1 unspecified atom stereocenters. The van der Waals surface area contributed by atoms with Gasteiger partial charge in [-0.3, -0.25) is 0 Å². The maximum atomic E-state index is 3.91. The van der Waals surface area contributed by atoms with E-state index in [2.05, 4.69) is 32.9 Å². The van der Waals surface area contributed by atoms with Gasteiger partial charge < -0.3 is 0 Å². The van der Waals surface area contributed by atoms with Gasteiger partial charge in [-0.05, 0) is 31.6 Å². The Kier molecular flexibility index (Phi) is 20.6. The largest absolute Gasteiger partial charge is 0.0885 e. The minimum absolute atomic E-state index is 0.973. The smallest absolute Gasteiger partial charge is 0.0351 e. The molecule has 2 radical (unpaired) electrons. The molecule has 0 aromatic carbocycles. The Labute approximate surface area is 154 Å². The fourth-order valence-electron chi connectivity index (χ4n) is 3.42. The number of unbranched alkanes of at least 4 members (excludes halogenated alkanes) is 12. The molecule has 0 aromatic heterocycles. The summed E-state index contributed by atoms with van der Waals surface area (Å²) in [4.78, 5) is 0. The molecule has 142 valence electrons. The molecule has 24 heavy (non-hydrogen) atoms. The SMILES string of the molecule is [CH2]CCCCCC/C=C/CCCC(CC)CCCCCCCC[CH2]. The molecule has 0 aliphatic carbocycles. The van der Waals surface area contributed by atoms with E-state index in [1.807, 2.05) is 0 Å². The highest BCUT2D eigenvalue weighted by Gasteiger charge is 2.05. The Bertz CT molecular complexity index is 240. The van der Waals surface area contributed by atoms with Crippen molar-refractivity contribution in [1.29, 1.82) is 0 Å². The van der Waals surface area contributed by atoms with E-state index in [4.69, 9.17) is 0 Å². The highest BCUT2D eigenvalue weighted by atomic mass is 14.1. The summed E-state index contributed by atoms with van der Waals surface area (Å²) in [5.74, 6) is 0.973. The van der Waals surface area contributed by atoms with Crippen LogP contribution in [0, 0.1) is 19.8 Å². The molecule has 0 rings (SSSR count). The molecule has 0 fully saturated rings. The van der Waals surface area contributed by atoms with Crippen LogP contribution in [0.5, 0.6) is 0 Å². The summed E-state index contributed by atoms with van der Waals surface area (Å²) in [6.07, 6.45) is 29.2. The van der Waals surface area contributed by atoms with Gasteiger partial charge in [-0.1, -0.05) is 123 Å². The Hall–Kier alpha value is -0.260. The lowest BCUT2D eigenvalue weighted by molar-refractivity contribution is 0.402. The van der Waals surface area contributed by atoms with Gasteiger partial charge in [0.25, 0.3) is 0 Å². The maximum Gasteiger partial charge on any atom is -0.0351 e. The van der Waals surface area contributed by atoms with Gasteiger partial charge >= 0.3 is 0 Å². The van der Waals surface area contributed by atoms with Crippen molar-refractivity contribution >= 4 is 0 Å². The van der Waals surface area contributed by atoms with Crippen LogP contribution in [0.2, 0.25) is 0 Å². The van der Waals surface area contributed by atoms with Crippen LogP contribution in [0.4, 0.5) is 0 Å². The van der Waals surface area contributed by atoms with E-state index in [1.165, 1.54) is 103 Å². The lowest BCUT2D eigenvalue weighted by Crippen LogP contribution is -1.98. The fraction of sp³-hybridized carbons (Fsp3) is 0.833. The first-order valence-electron chi connectivity index (χ1n) is 11.1. The summed E-state index contributed by atoms with van der Waals surface area (Å²) in [7, 11) is 0. The van der Waals surface area contributed by atoms with Gasteiger partial charge in [0.05, 0.1) is 0 Å². The minimum atomic E-state index is 0.973. The number of hydrogen-bond acceptors (Lipinski definition) is 0. The molecule has 0 amide bonds. The third kappa shape index (κ3) is 18.1. The predicted molar refractivity (Wildman–Crippen MR) is 112 cm³/mol. The fourth-order valence-corrected chi connectivity index (χ4v) is 3.42. The summed E-state index contributed by atoms with van der Waals surface area (Å²) in [5, 5.41) is 0. The molecule has 1 atom stereocenters. The topological polar surface area (TPSA) is 0 Å². The van der Waals surface area contributed by atoms with Crippen LogP contribution < -0.4 is 0 Å². The van der Waals surface area contributed by atoms with Gasteiger partial charge in [0.15, 0.2) is 0 Å². The monoisotopic (exact) mass is 334 g/mol. The molecular formula is C24H46. The van der Waals surface area contributed by atoms with Crippen LogP contribution in [0.25, 0.3) is 0 Å². The number of allylic oxidation sites excluding steroid dienone is 2. The van der Waals surface area contributed by atoms with Crippen molar-refractivity contribution in [2.45, 2.75) is 122 Å². The highest BCUT2D eigenvalue weighted by molar-refractivity contribution is 4.81. The van der Waals surface area contributed by atoms with Crippen molar-refractivity contribution in [2.24, 2.45) is 5.92 Å². The number of rotatable bonds is 19. The zero-order valence-corrected chi connectivity index (χ0v) is 16.9. The van der Waals surface area contributed by atoms with Gasteiger partial charge in [0.2, 0.25) is 0 Å². The minimum Gasteiger partial charge on any atom is -0.0885 e. The quantitative estimate of drug-likeness (QED) is 0.163. The van der Waals surface area contributed by atoms with E-state index in [1.54, 1.807) is 0 Å². The van der Waals surface area contributed by atoms with Gasteiger partial charge in [0, 0.05) is 0 Å². The molecule has 0 saturated heterocycles. The first-order chi connectivity index (χ1) is 11.8. The highest BCUT2D eigenvalue weighted by Crippen LogP contribution is 2.21. The Morgan fingerprint density at radius 2 is 1.04 bits per heavy atom. The molecular weight excluding hydrogens is 288 g/mol. The molecule has 0 bridgehead atoms. The Morgan fingerprint density at radius 1 is 0.583 bits per heavy atom. The van der Waals surface area contributed by atoms with Crippen molar-refractivity contribution in [3.8, 4) is 0 Å². The average molecular weight is 335 g/mol. The zero-order chi connectivity index (χ0) is 17.7. The zero-order valence-electron chi connectivity index (χ0n) is 16.9. The third-order valence-electron chi connectivity index (χ3n) is 5.21. The predicted octanol–water partition coefficient (Wildman–Crippen LogP) is 8.87. The summed E-state index contributed by atoms with van der Waals surface area (Å²) in [5.41, 5.74) is 0. The molecule has 0 spiro atoms. The van der Waals surface area contributed by atoms with Crippen molar-refractivity contribution < 1.29 is 0 Å². The molecule has 0 nitrogen and oxygen atoms in total. The van der Waals surface area contributed by atoms with Crippen molar-refractivity contribution in [2.75, 3.05) is 0 Å². The molecule has 0 aliphatic heterocycles. The average Bonchev–Trinajstić information content (AvgIpc) is 2.60. The molecule has 0 heteroatoms. The second-order valence-electron chi connectivity index (χ2n) is 7.50. The lowest BCUT2D eigenvalue weighted by atomic mass is 9.92. The number of hydrogen-bond donors (Lipinski definition) is 0. The summed E-state index contributed by atoms with van der Waals surface area (Å²) in [6.45, 7) is 10.2. The van der Waals surface area contributed by atoms with E-state index in [-0.39, 0.29) is 0 Å². The van der Waals surface area contributed by atoms with E-state index >= 15 is 0 Å². The third-order valence-corrected chi connectivity index (χ3v) is 5.21. The second-order valence-corrected chi connectivity index (χ2v) is 7.50. The van der Waals surface area contributed by atoms with Crippen LogP contribution in [0.15, 0.2) is 12.2 Å². The van der Waals surface area contributed by atoms with Crippen LogP contribution in [-0.2, 0) is 0 Å². The second kappa shape index (κ2) is 20.8. The summed E-state index contributed by atoms with van der Waals surface area (Å²) < 4.78 is 0. The maximum absolute atomic E-state index is 3.91. The van der Waals surface area contributed by atoms with Gasteiger partial charge in [-0.2, -0.15) is 0 Å². The molecule has 0 heterocycles. The van der Waals surface area contributed by atoms with E-state index in [0.29, 0.717) is 0 Å². The van der Waals surface area contributed by atoms with Crippen molar-refractivity contribution in [3.63, 3.8) is 0 Å². The van der Waals surface area contributed by atoms with Gasteiger partial charge in [-0.15, -0.1) is 0 Å². The van der Waals surface area contributed by atoms with Crippen LogP contribution in [-0.4, -0.2) is 0 Å². The van der Waals surface area contributed by atoms with E-state index in [9.17, 15) is 0 Å². The normalized spacial score (nSPS) is 13.0. The van der Waals surface area contributed by atoms with Crippen LogP contribution in [0.3, 0.4) is 0 Å². The standard InChI is InChI=1S/C24H46/c1-4-7-9-11-13-14-15-17-19-21-23-24(6-3)22-20-18-16-12-10-8-5-2/h15,17,24H,1-2,4-14,16,18-23H2,3H3/b17-15+. The first kappa shape index (κ1) is 23.7. The molecule has 0 aromatic rings. The summed E-state index contributed by atoms with van der Waals surface area (Å²) >= 11 is 0. The van der Waals surface area contributed by atoms with E-state index < -0.39 is 0 Å². The molecule has 0 saturated carbocycles. The molecule has 0 N–H and O–H groups in total. The van der Waals surface area contributed by atoms with Crippen molar-refractivity contribution in [1.82, 2.24) is 0 Å². The first-order valence-corrected chi connectivity index (χ1v) is 11.1. The Balaban J connectivity index is 3.38. The van der Waals surface area contributed by atoms with Gasteiger partial charge in [-0.25, -0.2) is 0 Å². The van der Waals surface area contributed by atoms with Crippen LogP contribution >= 0.6 is 0 Å². The van der Waals surface area contributed by atoms with Crippen molar-refractivity contribution in [3.05, 3.63) is 26.0 Å². The van der Waals surface area contributed by atoms with Gasteiger partial charge in [0.1, 0.15) is 0 Å². The van der Waals surface area contributed by atoms with Crippen LogP contribution in [0.1, 0.15) is 122 Å².